The number of carboxylic acids is 1. The van der Waals surface area contributed by atoms with Crippen LogP contribution in [0.15, 0.2) is 6.07 Å². The van der Waals surface area contributed by atoms with Crippen molar-refractivity contribution in [1.29, 1.82) is 0 Å². The van der Waals surface area contributed by atoms with E-state index in [4.69, 9.17) is 5.11 Å². The lowest BCUT2D eigenvalue weighted by atomic mass is 10.1. The maximum Gasteiger partial charge on any atom is 0.303 e. The molecule has 0 spiro atoms. The fraction of sp³-hybridized carbons (Fsp3) is 0.667. The molecule has 1 unspecified atom stereocenters. The molecule has 6 heteroatoms. The van der Waals surface area contributed by atoms with E-state index in [1.165, 1.54) is 0 Å². The zero-order valence-electron chi connectivity index (χ0n) is 13.2. The zero-order chi connectivity index (χ0) is 16.0. The van der Waals surface area contributed by atoms with Gasteiger partial charge in [-0.15, -0.1) is 0 Å². The van der Waals surface area contributed by atoms with Crippen LogP contribution in [-0.2, 0) is 11.3 Å². The summed E-state index contributed by atoms with van der Waals surface area (Å²) in [5.74, 6) is -0.685. The van der Waals surface area contributed by atoms with Gasteiger partial charge in [-0.2, -0.15) is 5.10 Å². The second-order valence-corrected chi connectivity index (χ2v) is 5.59. The predicted octanol–water partition coefficient (Wildman–Crippen LogP) is 2.40. The van der Waals surface area contributed by atoms with Crippen LogP contribution in [0.3, 0.4) is 0 Å². The van der Waals surface area contributed by atoms with Gasteiger partial charge in [0.25, 0.3) is 5.91 Å². The van der Waals surface area contributed by atoms with Gasteiger partial charge < -0.3 is 10.4 Å². The number of amides is 1. The smallest absolute Gasteiger partial charge is 0.303 e. The molecule has 2 N–H and O–H groups in total. The average molecular weight is 295 g/mol. The van der Waals surface area contributed by atoms with E-state index in [-0.39, 0.29) is 24.3 Å². The molecule has 21 heavy (non-hydrogen) atoms. The van der Waals surface area contributed by atoms with Gasteiger partial charge >= 0.3 is 5.97 Å². The molecule has 0 saturated carbocycles. The van der Waals surface area contributed by atoms with Crippen LogP contribution in [0.4, 0.5) is 0 Å². The van der Waals surface area contributed by atoms with Crippen LogP contribution < -0.4 is 5.32 Å². The van der Waals surface area contributed by atoms with Crippen molar-refractivity contribution in [1.82, 2.24) is 15.1 Å². The number of carboxylic acid groups (broad SMARTS) is 1. The first-order chi connectivity index (χ1) is 9.85. The van der Waals surface area contributed by atoms with E-state index in [2.05, 4.69) is 10.4 Å². The first kappa shape index (κ1) is 17.2. The van der Waals surface area contributed by atoms with Crippen molar-refractivity contribution >= 4 is 11.9 Å². The number of rotatable bonds is 8. The highest BCUT2D eigenvalue weighted by Gasteiger charge is 2.17. The topological polar surface area (TPSA) is 84.2 Å². The van der Waals surface area contributed by atoms with E-state index in [1.54, 1.807) is 4.68 Å². The van der Waals surface area contributed by atoms with Gasteiger partial charge in [-0.1, -0.05) is 13.8 Å². The van der Waals surface area contributed by atoms with Gasteiger partial charge in [-0.25, -0.2) is 0 Å². The molecule has 0 aliphatic heterocycles. The minimum absolute atomic E-state index is 0.0560. The summed E-state index contributed by atoms with van der Waals surface area (Å²) in [6.07, 6.45) is 1.33. The van der Waals surface area contributed by atoms with E-state index in [0.29, 0.717) is 25.1 Å². The lowest BCUT2D eigenvalue weighted by Gasteiger charge is -2.13. The summed E-state index contributed by atoms with van der Waals surface area (Å²) in [4.78, 5) is 22.8. The fourth-order valence-corrected chi connectivity index (χ4v) is 2.07. The van der Waals surface area contributed by atoms with Crippen LogP contribution in [0.25, 0.3) is 0 Å². The molecule has 0 aliphatic carbocycles. The average Bonchev–Trinajstić information content (AvgIpc) is 2.82. The quantitative estimate of drug-likeness (QED) is 0.771. The number of aryl methyl sites for hydroxylation is 1. The number of carbonyl (C=O) groups excluding carboxylic acids is 1. The number of aliphatic carboxylic acids is 1. The van der Waals surface area contributed by atoms with Crippen LogP contribution in [0.5, 0.6) is 0 Å². The molecule has 0 aromatic carbocycles. The summed E-state index contributed by atoms with van der Waals surface area (Å²) in [6, 6.07) is 1.77. The molecule has 1 heterocycles. The first-order valence-corrected chi connectivity index (χ1v) is 7.45. The van der Waals surface area contributed by atoms with Crippen LogP contribution in [0.2, 0.25) is 0 Å². The van der Waals surface area contributed by atoms with Crippen molar-refractivity contribution in [3.05, 3.63) is 17.5 Å². The summed E-state index contributed by atoms with van der Waals surface area (Å²) in [7, 11) is 0. The van der Waals surface area contributed by atoms with Crippen LogP contribution >= 0.6 is 0 Å². The Bertz CT molecular complexity index is 494. The number of nitrogens with one attached hydrogen (secondary N) is 1. The Balaban J connectivity index is 2.64. The lowest BCUT2D eigenvalue weighted by Crippen LogP contribution is -2.34. The standard InChI is InChI=1S/C15H25N3O3/c1-5-18-13(9-12(17-18)10(2)3)15(21)16-11(4)7-6-8-14(19)20/h9-11H,5-8H2,1-4H3,(H,16,21)(H,19,20). The van der Waals surface area contributed by atoms with E-state index < -0.39 is 5.97 Å². The fourth-order valence-electron chi connectivity index (χ4n) is 2.07. The second-order valence-electron chi connectivity index (χ2n) is 5.59. The minimum atomic E-state index is -0.806. The van der Waals surface area contributed by atoms with Crippen LogP contribution in [0, 0.1) is 0 Å². The van der Waals surface area contributed by atoms with Gasteiger partial charge in [-0.3, -0.25) is 14.3 Å². The van der Waals surface area contributed by atoms with Gasteiger partial charge in [0.2, 0.25) is 0 Å². The molecule has 1 aromatic heterocycles. The van der Waals surface area contributed by atoms with Gasteiger partial charge in [0, 0.05) is 19.0 Å². The van der Waals surface area contributed by atoms with Crippen molar-refractivity contribution in [2.75, 3.05) is 0 Å². The Kier molecular flexibility index (Phi) is 6.39. The van der Waals surface area contributed by atoms with Gasteiger partial charge in [0.1, 0.15) is 5.69 Å². The molecule has 0 bridgehead atoms. The largest absolute Gasteiger partial charge is 0.481 e. The maximum atomic E-state index is 12.3. The van der Waals surface area contributed by atoms with Crippen molar-refractivity contribution in [2.24, 2.45) is 0 Å². The SMILES string of the molecule is CCn1nc(C(C)C)cc1C(=O)NC(C)CCCC(=O)O. The number of aromatic nitrogens is 2. The molecular weight excluding hydrogens is 270 g/mol. The second kappa shape index (κ2) is 7.81. The van der Waals surface area contributed by atoms with Crippen molar-refractivity contribution in [3.8, 4) is 0 Å². The number of hydrogen-bond donors (Lipinski definition) is 2. The molecule has 1 rings (SSSR count). The van der Waals surface area contributed by atoms with E-state index in [0.717, 1.165) is 5.69 Å². The first-order valence-electron chi connectivity index (χ1n) is 7.45. The molecule has 118 valence electrons. The normalized spacial score (nSPS) is 12.4. The zero-order valence-corrected chi connectivity index (χ0v) is 13.2. The summed E-state index contributed by atoms with van der Waals surface area (Å²) >= 11 is 0. The molecule has 1 aromatic rings. The van der Waals surface area contributed by atoms with Crippen molar-refractivity contribution in [2.45, 2.75) is 65.5 Å². The van der Waals surface area contributed by atoms with Gasteiger partial charge in [0.15, 0.2) is 0 Å². The highest BCUT2D eigenvalue weighted by molar-refractivity contribution is 5.92. The van der Waals surface area contributed by atoms with Crippen molar-refractivity contribution < 1.29 is 14.7 Å². The highest BCUT2D eigenvalue weighted by Crippen LogP contribution is 2.15. The summed E-state index contributed by atoms with van der Waals surface area (Å²) < 4.78 is 1.70. The molecule has 0 saturated heterocycles. The third-order valence-corrected chi connectivity index (χ3v) is 3.33. The number of hydrogen-bond acceptors (Lipinski definition) is 3. The molecule has 1 amide bonds. The third kappa shape index (κ3) is 5.21. The highest BCUT2D eigenvalue weighted by atomic mass is 16.4. The minimum Gasteiger partial charge on any atom is -0.481 e. The van der Waals surface area contributed by atoms with Crippen molar-refractivity contribution in [3.63, 3.8) is 0 Å². The Hall–Kier alpha value is -1.85. The molecule has 1 atom stereocenters. The summed E-state index contributed by atoms with van der Waals surface area (Å²) in [5, 5.41) is 15.9. The monoisotopic (exact) mass is 295 g/mol. The Morgan fingerprint density at radius 2 is 2.05 bits per heavy atom. The summed E-state index contributed by atoms with van der Waals surface area (Å²) in [6.45, 7) is 8.56. The number of nitrogens with zero attached hydrogens (tertiary/aromatic N) is 2. The van der Waals surface area contributed by atoms with E-state index >= 15 is 0 Å². The molecular formula is C15H25N3O3. The summed E-state index contributed by atoms with van der Waals surface area (Å²) in [5.41, 5.74) is 1.46. The lowest BCUT2D eigenvalue weighted by molar-refractivity contribution is -0.137. The molecule has 0 radical (unpaired) electrons. The molecule has 6 nitrogen and oxygen atoms in total. The molecule has 0 fully saturated rings. The maximum absolute atomic E-state index is 12.3. The number of carbonyl (C=O) groups is 2. The third-order valence-electron chi connectivity index (χ3n) is 3.33. The van der Waals surface area contributed by atoms with Crippen LogP contribution in [0.1, 0.15) is 69.1 Å². The van der Waals surface area contributed by atoms with Gasteiger partial charge in [0.05, 0.1) is 5.69 Å². The predicted molar refractivity (Wildman–Crippen MR) is 80.4 cm³/mol. The van der Waals surface area contributed by atoms with E-state index in [1.807, 2.05) is 33.8 Å². The van der Waals surface area contributed by atoms with E-state index in [9.17, 15) is 9.59 Å². The Labute approximate surface area is 125 Å². The Morgan fingerprint density at radius 3 is 2.57 bits per heavy atom. The van der Waals surface area contributed by atoms with Crippen LogP contribution in [-0.4, -0.2) is 32.8 Å². The van der Waals surface area contributed by atoms with Gasteiger partial charge in [-0.05, 0) is 38.7 Å². The molecule has 0 aliphatic rings. The Morgan fingerprint density at radius 1 is 1.38 bits per heavy atom.